The first-order valence-electron chi connectivity index (χ1n) is 17.8. The number of carbonyl (C=O) groups excluding carboxylic acids is 1. The molecular formula is C39H50Cl2N6O4. The number of halogens is 2. The Morgan fingerprint density at radius 1 is 0.941 bits per heavy atom. The maximum atomic E-state index is 15.2. The lowest BCUT2D eigenvalue weighted by Gasteiger charge is -2.47. The minimum atomic E-state index is -1.02. The molecule has 0 N–H and O–H groups in total. The largest absolute Gasteiger partial charge is 0.477 e. The van der Waals surface area contributed by atoms with Crippen LogP contribution >= 0.6 is 23.2 Å². The summed E-state index contributed by atoms with van der Waals surface area (Å²) in [6.07, 6.45) is 2.70. The van der Waals surface area contributed by atoms with Gasteiger partial charge in [0.25, 0.3) is 0 Å². The van der Waals surface area contributed by atoms with E-state index in [1.165, 1.54) is 0 Å². The zero-order valence-corrected chi connectivity index (χ0v) is 32.5. The molecule has 0 radical (unpaired) electrons. The van der Waals surface area contributed by atoms with Crippen molar-refractivity contribution in [3.63, 3.8) is 0 Å². The highest BCUT2D eigenvalue weighted by Gasteiger charge is 2.60. The molecule has 2 saturated heterocycles. The molecule has 3 aliphatic rings. The fourth-order valence-corrected chi connectivity index (χ4v) is 7.48. The monoisotopic (exact) mass is 736 g/mol. The van der Waals surface area contributed by atoms with Gasteiger partial charge in [0.15, 0.2) is 5.79 Å². The van der Waals surface area contributed by atoms with Crippen LogP contribution in [0, 0.1) is 0 Å². The van der Waals surface area contributed by atoms with Gasteiger partial charge in [-0.1, -0.05) is 68.2 Å². The van der Waals surface area contributed by atoms with E-state index in [1.807, 2.05) is 79.1 Å². The Labute approximate surface area is 312 Å². The van der Waals surface area contributed by atoms with Gasteiger partial charge in [-0.2, -0.15) is 4.98 Å². The van der Waals surface area contributed by atoms with E-state index < -0.39 is 16.9 Å². The molecular weight excluding hydrogens is 687 g/mol. The van der Waals surface area contributed by atoms with Crippen molar-refractivity contribution in [3.8, 4) is 5.88 Å². The number of nitrogens with zero attached hydrogens (tertiary/aromatic N) is 6. The third-order valence-corrected chi connectivity index (χ3v) is 10.9. The molecule has 12 heteroatoms. The van der Waals surface area contributed by atoms with E-state index in [1.54, 1.807) is 6.20 Å². The second-order valence-electron chi connectivity index (χ2n) is 15.4. The highest BCUT2D eigenvalue weighted by molar-refractivity contribution is 6.30. The van der Waals surface area contributed by atoms with Gasteiger partial charge in [0.2, 0.25) is 5.88 Å². The van der Waals surface area contributed by atoms with Gasteiger partial charge in [0, 0.05) is 54.4 Å². The Morgan fingerprint density at radius 3 is 2.10 bits per heavy atom. The third kappa shape index (κ3) is 7.35. The summed E-state index contributed by atoms with van der Waals surface area (Å²) in [5.74, 6) is 0.935. The van der Waals surface area contributed by atoms with Crippen LogP contribution in [0.3, 0.4) is 0 Å². The quantitative estimate of drug-likeness (QED) is 0.235. The van der Waals surface area contributed by atoms with Gasteiger partial charge >= 0.3 is 6.03 Å². The molecule has 2 amide bonds. The second-order valence-corrected chi connectivity index (χ2v) is 16.2. The minimum Gasteiger partial charge on any atom is -0.477 e. The lowest BCUT2D eigenvalue weighted by molar-refractivity contribution is -0.139. The fraction of sp³-hybridized carbons (Fsp3) is 0.538. The molecule has 0 spiro atoms. The van der Waals surface area contributed by atoms with E-state index in [9.17, 15) is 0 Å². The summed E-state index contributed by atoms with van der Waals surface area (Å²) in [7, 11) is 0. The van der Waals surface area contributed by atoms with Gasteiger partial charge in [0.1, 0.15) is 22.7 Å². The number of hydrogen-bond donors (Lipinski definition) is 0. The molecule has 3 atom stereocenters. The van der Waals surface area contributed by atoms with Crippen LogP contribution in [0.5, 0.6) is 5.88 Å². The molecule has 1 unspecified atom stereocenters. The smallest absolute Gasteiger partial charge is 0.326 e. The summed E-state index contributed by atoms with van der Waals surface area (Å²) in [5.41, 5.74) is 0.0154. The lowest BCUT2D eigenvalue weighted by Crippen LogP contribution is -2.60. The molecule has 3 aliphatic heterocycles. The van der Waals surface area contributed by atoms with Crippen molar-refractivity contribution < 1.29 is 19.0 Å². The average Bonchev–Trinajstić information content (AvgIpc) is 3.57. The molecule has 51 heavy (non-hydrogen) atoms. The van der Waals surface area contributed by atoms with E-state index in [2.05, 4.69) is 39.5 Å². The van der Waals surface area contributed by atoms with Crippen molar-refractivity contribution in [2.45, 2.75) is 90.2 Å². The molecule has 0 saturated carbocycles. The number of rotatable bonds is 8. The Balaban J connectivity index is 1.42. The van der Waals surface area contributed by atoms with Crippen molar-refractivity contribution in [3.05, 3.63) is 87.3 Å². The summed E-state index contributed by atoms with van der Waals surface area (Å²) in [5, 5.41) is 1.22. The van der Waals surface area contributed by atoms with Gasteiger partial charge in [-0.05, 0) is 76.4 Å². The molecule has 4 heterocycles. The van der Waals surface area contributed by atoms with Gasteiger partial charge in [-0.3, -0.25) is 14.8 Å². The van der Waals surface area contributed by atoms with Crippen molar-refractivity contribution in [1.82, 2.24) is 24.7 Å². The van der Waals surface area contributed by atoms with Crippen LogP contribution in [0.4, 0.5) is 4.79 Å². The predicted molar refractivity (Wildman–Crippen MR) is 201 cm³/mol. The predicted octanol–water partition coefficient (Wildman–Crippen LogP) is 7.65. The molecule has 274 valence electrons. The fourth-order valence-electron chi connectivity index (χ4n) is 7.23. The van der Waals surface area contributed by atoms with Crippen molar-refractivity contribution in [2.24, 2.45) is 4.99 Å². The van der Waals surface area contributed by atoms with Crippen LogP contribution in [0.1, 0.15) is 84.3 Å². The maximum absolute atomic E-state index is 15.2. The molecule has 0 bridgehead atoms. The number of carbonyl (C=O) groups is 1. The minimum absolute atomic E-state index is 0.0695. The zero-order valence-electron chi connectivity index (χ0n) is 31.0. The van der Waals surface area contributed by atoms with Crippen LogP contribution in [0.15, 0.2) is 59.7 Å². The van der Waals surface area contributed by atoms with Crippen molar-refractivity contribution >= 4 is 35.1 Å². The summed E-state index contributed by atoms with van der Waals surface area (Å²) in [6, 6.07) is 15.2. The van der Waals surface area contributed by atoms with Crippen LogP contribution in [0.2, 0.25) is 10.0 Å². The summed E-state index contributed by atoms with van der Waals surface area (Å²) >= 11 is 12.8. The van der Waals surface area contributed by atoms with Crippen molar-refractivity contribution in [2.75, 3.05) is 45.9 Å². The highest BCUT2D eigenvalue weighted by Crippen LogP contribution is 2.54. The Bertz CT molecular complexity index is 1750. The summed E-state index contributed by atoms with van der Waals surface area (Å²) < 4.78 is 18.0. The van der Waals surface area contributed by atoms with Crippen molar-refractivity contribution in [1.29, 1.82) is 0 Å². The standard InChI is InChI=1S/C39H50Cl2N6O4/c1-9-49-33-31(24-42-34(43-33)36(2,3)4)32-44-38(7,26-10-14-28(40)15-11-26)39(8,27-12-16-29(41)17-13-27)47(32)35(48)46-22-20-45(21-23-46)19-18-30-25-50-37(5,6)51-30/h10-17,24,30H,9,18-23,25H2,1-8H3/t30?,38-,39+/m0/s1. The molecule has 6 rings (SSSR count). The van der Waals surface area contributed by atoms with E-state index in [4.69, 9.17) is 52.4 Å². The van der Waals surface area contributed by atoms with E-state index in [0.29, 0.717) is 59.5 Å². The number of aromatic nitrogens is 2. The number of amides is 2. The van der Waals surface area contributed by atoms with Crippen LogP contribution < -0.4 is 4.74 Å². The second kappa shape index (κ2) is 14.3. The van der Waals surface area contributed by atoms with Gasteiger partial charge in [-0.25, -0.2) is 9.78 Å². The van der Waals surface area contributed by atoms with Crippen LogP contribution in [-0.2, 0) is 26.0 Å². The number of piperazine rings is 1. The summed E-state index contributed by atoms with van der Waals surface area (Å²) in [4.78, 5) is 36.6. The topological polar surface area (TPSA) is 92.6 Å². The van der Waals surface area contributed by atoms with E-state index in [-0.39, 0.29) is 17.6 Å². The average molecular weight is 738 g/mol. The SMILES string of the molecule is CCOc1nc(C(C)(C)C)ncc1C1=N[C@@](C)(c2ccc(Cl)cc2)[C@@](C)(c2ccc(Cl)cc2)N1C(=O)N1CCN(CCC2COC(C)(C)O2)CC1. The lowest BCUT2D eigenvalue weighted by atomic mass is 9.71. The summed E-state index contributed by atoms with van der Waals surface area (Å²) in [6.45, 7) is 20.6. The maximum Gasteiger partial charge on any atom is 0.326 e. The number of hydrogen-bond acceptors (Lipinski definition) is 8. The normalized spacial score (nSPS) is 25.3. The van der Waals surface area contributed by atoms with Crippen LogP contribution in [-0.4, -0.2) is 94.4 Å². The Kier molecular flexibility index (Phi) is 10.5. The first-order chi connectivity index (χ1) is 24.1. The molecule has 1 aromatic heterocycles. The molecule has 3 aromatic rings. The highest BCUT2D eigenvalue weighted by atomic mass is 35.5. The number of amidine groups is 1. The molecule has 2 aromatic carbocycles. The number of urea groups is 1. The van der Waals surface area contributed by atoms with Gasteiger partial charge in [0.05, 0.1) is 24.9 Å². The van der Waals surface area contributed by atoms with Crippen LogP contribution in [0.25, 0.3) is 0 Å². The third-order valence-electron chi connectivity index (χ3n) is 10.4. The Hall–Kier alpha value is -3.28. The number of aliphatic imine (C=N–C) groups is 1. The number of ether oxygens (including phenoxy) is 3. The molecule has 0 aliphatic carbocycles. The van der Waals surface area contributed by atoms with Gasteiger partial charge < -0.3 is 19.1 Å². The number of benzene rings is 2. The zero-order chi connectivity index (χ0) is 36.8. The van der Waals surface area contributed by atoms with E-state index in [0.717, 1.165) is 37.2 Å². The van der Waals surface area contributed by atoms with Gasteiger partial charge in [-0.15, -0.1) is 0 Å². The first-order valence-corrected chi connectivity index (χ1v) is 18.6. The first kappa shape index (κ1) is 37.5. The molecule has 10 nitrogen and oxygen atoms in total. The van der Waals surface area contributed by atoms with E-state index >= 15 is 4.79 Å². The Morgan fingerprint density at radius 2 is 1.55 bits per heavy atom. The molecule has 2 fully saturated rings.